The van der Waals surface area contributed by atoms with Crippen molar-refractivity contribution in [2.75, 3.05) is 6.61 Å². The summed E-state index contributed by atoms with van der Waals surface area (Å²) in [6, 6.07) is 0. The molecule has 5 nitrogen and oxygen atoms in total. The normalized spacial score (nSPS) is 15.3. The van der Waals surface area contributed by atoms with E-state index in [0.717, 1.165) is 18.5 Å². The highest BCUT2D eigenvalue weighted by Gasteiger charge is 2.31. The third-order valence-electron chi connectivity index (χ3n) is 2.26. The standard InChI is InChI=1S/C9H11ClN2O3/c1-12-9(15-4-6(13)14)7(10)8(11-12)5-2-3-5/h5H,2-4H2,1H3,(H,13,14). The first-order valence-electron chi connectivity index (χ1n) is 4.66. The zero-order valence-corrected chi connectivity index (χ0v) is 8.99. The number of hydrogen-bond donors (Lipinski definition) is 1. The maximum Gasteiger partial charge on any atom is 0.341 e. The van der Waals surface area contributed by atoms with E-state index in [2.05, 4.69) is 5.10 Å². The summed E-state index contributed by atoms with van der Waals surface area (Å²) in [5, 5.41) is 13.1. The number of carbonyl (C=O) groups is 1. The van der Waals surface area contributed by atoms with Crippen LogP contribution in [0.4, 0.5) is 0 Å². The average molecular weight is 231 g/mol. The van der Waals surface area contributed by atoms with Gasteiger partial charge in [0.2, 0.25) is 5.88 Å². The molecule has 1 aliphatic carbocycles. The first-order valence-corrected chi connectivity index (χ1v) is 5.04. The molecule has 6 heteroatoms. The van der Waals surface area contributed by atoms with Crippen molar-refractivity contribution in [2.45, 2.75) is 18.8 Å². The highest BCUT2D eigenvalue weighted by Crippen LogP contribution is 2.45. The third-order valence-corrected chi connectivity index (χ3v) is 2.62. The molecule has 0 bridgehead atoms. The molecular weight excluding hydrogens is 220 g/mol. The lowest BCUT2D eigenvalue weighted by Crippen LogP contribution is -2.11. The third kappa shape index (κ3) is 2.07. The summed E-state index contributed by atoms with van der Waals surface area (Å²) < 4.78 is 6.54. The summed E-state index contributed by atoms with van der Waals surface area (Å²) in [5.41, 5.74) is 0.819. The lowest BCUT2D eigenvalue weighted by molar-refractivity contribution is -0.139. The van der Waals surface area contributed by atoms with Crippen LogP contribution in [-0.2, 0) is 11.8 Å². The van der Waals surface area contributed by atoms with Gasteiger partial charge in [-0.05, 0) is 12.8 Å². The molecule has 15 heavy (non-hydrogen) atoms. The summed E-state index contributed by atoms with van der Waals surface area (Å²) in [4.78, 5) is 10.4. The Bertz CT molecular complexity index is 398. The van der Waals surface area contributed by atoms with Gasteiger partial charge in [0.25, 0.3) is 0 Å². The molecule has 2 rings (SSSR count). The maximum atomic E-state index is 10.4. The van der Waals surface area contributed by atoms with Crippen molar-refractivity contribution in [3.63, 3.8) is 0 Å². The number of rotatable bonds is 4. The zero-order chi connectivity index (χ0) is 11.0. The summed E-state index contributed by atoms with van der Waals surface area (Å²) in [7, 11) is 1.69. The number of aliphatic carboxylic acids is 1. The van der Waals surface area contributed by atoms with E-state index >= 15 is 0 Å². The second-order valence-corrected chi connectivity index (χ2v) is 3.96. The van der Waals surface area contributed by atoms with Crippen molar-refractivity contribution in [3.05, 3.63) is 10.7 Å². The molecule has 0 saturated heterocycles. The number of hydrogen-bond acceptors (Lipinski definition) is 3. The first kappa shape index (κ1) is 10.3. The lowest BCUT2D eigenvalue weighted by atomic mass is 10.3. The number of ether oxygens (including phenoxy) is 1. The fraction of sp³-hybridized carbons (Fsp3) is 0.556. The number of nitrogens with zero attached hydrogens (tertiary/aromatic N) is 2. The van der Waals surface area contributed by atoms with Crippen LogP contribution in [-0.4, -0.2) is 27.5 Å². The maximum absolute atomic E-state index is 10.4. The fourth-order valence-corrected chi connectivity index (χ4v) is 1.78. The molecule has 0 radical (unpaired) electrons. The van der Waals surface area contributed by atoms with Crippen LogP contribution in [0.25, 0.3) is 0 Å². The summed E-state index contributed by atoms with van der Waals surface area (Å²) in [6.07, 6.45) is 2.18. The number of carboxylic acids is 1. The van der Waals surface area contributed by atoms with E-state index in [1.807, 2.05) is 0 Å². The van der Waals surface area contributed by atoms with Gasteiger partial charge in [-0.15, -0.1) is 0 Å². The Hall–Kier alpha value is -1.23. The van der Waals surface area contributed by atoms with Gasteiger partial charge >= 0.3 is 5.97 Å². The van der Waals surface area contributed by atoms with Crippen LogP contribution < -0.4 is 4.74 Å². The van der Waals surface area contributed by atoms with Crippen molar-refractivity contribution < 1.29 is 14.6 Å². The molecule has 0 atom stereocenters. The summed E-state index contributed by atoms with van der Waals surface area (Å²) in [5.74, 6) is -0.271. The van der Waals surface area contributed by atoms with E-state index in [4.69, 9.17) is 21.4 Å². The van der Waals surface area contributed by atoms with Gasteiger partial charge in [0, 0.05) is 13.0 Å². The molecule has 1 aromatic rings. The zero-order valence-electron chi connectivity index (χ0n) is 8.23. The highest BCUT2D eigenvalue weighted by molar-refractivity contribution is 6.32. The van der Waals surface area contributed by atoms with Gasteiger partial charge in [0.1, 0.15) is 5.02 Å². The monoisotopic (exact) mass is 230 g/mol. The molecule has 0 aliphatic heterocycles. The molecule has 82 valence electrons. The minimum Gasteiger partial charge on any atom is -0.479 e. The van der Waals surface area contributed by atoms with Crippen molar-refractivity contribution in [2.24, 2.45) is 7.05 Å². The Morgan fingerprint density at radius 2 is 2.40 bits per heavy atom. The molecule has 1 N–H and O–H groups in total. The largest absolute Gasteiger partial charge is 0.479 e. The van der Waals surface area contributed by atoms with Crippen molar-refractivity contribution in [1.29, 1.82) is 0 Å². The predicted octanol–water partition coefficient (Wildman–Crippen LogP) is 1.41. The lowest BCUT2D eigenvalue weighted by Gasteiger charge is -2.02. The quantitative estimate of drug-likeness (QED) is 0.850. The topological polar surface area (TPSA) is 64.4 Å². The van der Waals surface area contributed by atoms with E-state index < -0.39 is 12.6 Å². The van der Waals surface area contributed by atoms with Crippen LogP contribution in [0.1, 0.15) is 24.5 Å². The summed E-state index contributed by atoms with van der Waals surface area (Å²) >= 11 is 6.05. The van der Waals surface area contributed by atoms with Gasteiger partial charge in [0.05, 0.1) is 5.69 Å². The van der Waals surface area contributed by atoms with Crippen molar-refractivity contribution >= 4 is 17.6 Å². The molecule has 0 aromatic carbocycles. The Morgan fingerprint density at radius 1 is 1.73 bits per heavy atom. The van der Waals surface area contributed by atoms with Crippen LogP contribution in [0.3, 0.4) is 0 Å². The smallest absolute Gasteiger partial charge is 0.341 e. The number of carboxylic acid groups (broad SMARTS) is 1. The van der Waals surface area contributed by atoms with Crippen molar-refractivity contribution in [1.82, 2.24) is 9.78 Å². The second-order valence-electron chi connectivity index (χ2n) is 3.58. The van der Waals surface area contributed by atoms with E-state index in [0.29, 0.717) is 16.8 Å². The van der Waals surface area contributed by atoms with E-state index in [-0.39, 0.29) is 0 Å². The SMILES string of the molecule is Cn1nc(C2CC2)c(Cl)c1OCC(=O)O. The first-order chi connectivity index (χ1) is 7.09. The minimum absolute atomic E-state index is 0.334. The van der Waals surface area contributed by atoms with Gasteiger partial charge < -0.3 is 9.84 Å². The van der Waals surface area contributed by atoms with Crippen LogP contribution in [0, 0.1) is 0 Å². The Labute approximate surface area is 91.6 Å². The van der Waals surface area contributed by atoms with Gasteiger partial charge in [-0.1, -0.05) is 11.6 Å². The highest BCUT2D eigenvalue weighted by atomic mass is 35.5. The number of aryl methyl sites for hydroxylation is 1. The molecule has 0 spiro atoms. The number of aromatic nitrogens is 2. The molecule has 1 fully saturated rings. The Morgan fingerprint density at radius 3 is 2.93 bits per heavy atom. The Kier molecular flexibility index (Phi) is 2.56. The predicted molar refractivity (Wildman–Crippen MR) is 53.3 cm³/mol. The van der Waals surface area contributed by atoms with E-state index in [1.54, 1.807) is 7.05 Å². The van der Waals surface area contributed by atoms with Crippen molar-refractivity contribution in [3.8, 4) is 5.88 Å². The van der Waals surface area contributed by atoms with E-state index in [9.17, 15) is 4.79 Å². The van der Waals surface area contributed by atoms with Gasteiger partial charge in [-0.2, -0.15) is 5.10 Å². The second kappa shape index (κ2) is 3.73. The molecule has 1 aliphatic rings. The van der Waals surface area contributed by atoms with Crippen LogP contribution >= 0.6 is 11.6 Å². The molecule has 0 unspecified atom stereocenters. The Balaban J connectivity index is 2.18. The molecule has 1 saturated carbocycles. The van der Waals surface area contributed by atoms with Gasteiger partial charge in [0.15, 0.2) is 6.61 Å². The molecular formula is C9H11ClN2O3. The molecule has 1 aromatic heterocycles. The summed E-state index contributed by atoms with van der Waals surface area (Å²) in [6.45, 7) is -0.399. The molecule has 0 amide bonds. The average Bonchev–Trinajstić information content (AvgIpc) is 2.93. The minimum atomic E-state index is -1.03. The fourth-order valence-electron chi connectivity index (χ4n) is 1.41. The van der Waals surface area contributed by atoms with Gasteiger partial charge in [-0.25, -0.2) is 9.48 Å². The van der Waals surface area contributed by atoms with Crippen LogP contribution in [0.15, 0.2) is 0 Å². The van der Waals surface area contributed by atoms with Crippen LogP contribution in [0.5, 0.6) is 5.88 Å². The van der Waals surface area contributed by atoms with E-state index in [1.165, 1.54) is 4.68 Å². The molecule has 1 heterocycles. The van der Waals surface area contributed by atoms with Gasteiger partial charge in [-0.3, -0.25) is 0 Å². The number of halogens is 1. The van der Waals surface area contributed by atoms with Crippen LogP contribution in [0.2, 0.25) is 5.02 Å².